The van der Waals surface area contributed by atoms with Gasteiger partial charge in [0.1, 0.15) is 5.57 Å². The number of allylic oxidation sites excluding steroid dienone is 1. The molecule has 0 heterocycles. The monoisotopic (exact) mass is 427 g/mol. The molecular formula is C20H23Cl2NO5. The average molecular weight is 428 g/mol. The van der Waals surface area contributed by atoms with Crippen molar-refractivity contribution in [2.45, 2.75) is 33.1 Å². The third-order valence-electron chi connectivity index (χ3n) is 4.25. The van der Waals surface area contributed by atoms with E-state index in [2.05, 4.69) is 0 Å². The Morgan fingerprint density at radius 1 is 1.21 bits per heavy atom. The first-order valence-corrected chi connectivity index (χ1v) is 9.87. The van der Waals surface area contributed by atoms with Crippen LogP contribution in [0.25, 0.3) is 0 Å². The fourth-order valence-corrected chi connectivity index (χ4v) is 3.14. The molecule has 1 aliphatic carbocycles. The minimum Gasteiger partial charge on any atom is -0.501 e. The van der Waals surface area contributed by atoms with Crippen molar-refractivity contribution in [1.82, 2.24) is 0 Å². The van der Waals surface area contributed by atoms with Crippen molar-refractivity contribution in [2.75, 3.05) is 25.2 Å². The van der Waals surface area contributed by atoms with Crippen LogP contribution in [0.4, 0.5) is 10.5 Å². The Morgan fingerprint density at radius 3 is 2.43 bits per heavy atom. The van der Waals surface area contributed by atoms with Crippen LogP contribution in [0, 0.1) is 5.92 Å². The Kier molecular flexibility index (Phi) is 7.89. The highest BCUT2D eigenvalue weighted by Crippen LogP contribution is 2.39. The molecule has 8 heteroatoms. The van der Waals surface area contributed by atoms with E-state index in [1.807, 2.05) is 6.92 Å². The van der Waals surface area contributed by atoms with Crippen LogP contribution in [-0.2, 0) is 14.3 Å². The molecule has 152 valence electrons. The Labute approximate surface area is 174 Å². The molecular weight excluding hydrogens is 405 g/mol. The molecule has 1 aliphatic rings. The zero-order valence-electron chi connectivity index (χ0n) is 16.1. The third kappa shape index (κ3) is 4.86. The minimum absolute atomic E-state index is 0.0426. The van der Waals surface area contributed by atoms with Crippen LogP contribution in [0.3, 0.4) is 0 Å². The highest BCUT2D eigenvalue weighted by Gasteiger charge is 2.37. The van der Waals surface area contributed by atoms with Crippen molar-refractivity contribution >= 4 is 46.5 Å². The minimum atomic E-state index is -0.677. The summed E-state index contributed by atoms with van der Waals surface area (Å²) < 4.78 is 10.1. The normalized spacial score (nSPS) is 13.8. The number of halogens is 2. The summed E-state index contributed by atoms with van der Waals surface area (Å²) in [7, 11) is 1.24. The van der Waals surface area contributed by atoms with E-state index in [0.29, 0.717) is 13.0 Å². The van der Waals surface area contributed by atoms with Gasteiger partial charge in [0.15, 0.2) is 5.78 Å². The summed E-state index contributed by atoms with van der Waals surface area (Å²) in [6, 6.07) is 2.92. The second-order valence-corrected chi connectivity index (χ2v) is 7.12. The lowest BCUT2D eigenvalue weighted by atomic mass is 9.96. The molecule has 0 N–H and O–H groups in total. The van der Waals surface area contributed by atoms with Crippen LogP contribution in [0.1, 0.15) is 43.5 Å². The van der Waals surface area contributed by atoms with Crippen LogP contribution in [0.2, 0.25) is 10.0 Å². The molecule has 1 aromatic rings. The molecule has 0 aromatic heterocycles. The van der Waals surface area contributed by atoms with Crippen LogP contribution >= 0.6 is 23.2 Å². The lowest BCUT2D eigenvalue weighted by Gasteiger charge is -2.25. The summed E-state index contributed by atoms with van der Waals surface area (Å²) in [5.41, 5.74) is 0.150. The molecule has 0 unspecified atom stereocenters. The highest BCUT2D eigenvalue weighted by molar-refractivity contribution is 6.45. The fourth-order valence-electron chi connectivity index (χ4n) is 2.72. The van der Waals surface area contributed by atoms with Gasteiger partial charge in [-0.2, -0.15) is 0 Å². The number of amides is 1. The van der Waals surface area contributed by atoms with Gasteiger partial charge in [0, 0.05) is 18.0 Å². The standard InChI is InChI=1S/C20H23Cl2NO5/c1-4-10-23(20(26)27-3)17-13(8-9-15(21)16(17)22)19(25)14(11-28-5-2)18(24)12-6-7-12/h8-9,11-12H,4-7,10H2,1-3H3/b14-11-. The zero-order valence-corrected chi connectivity index (χ0v) is 17.6. The first-order valence-electron chi connectivity index (χ1n) is 9.11. The summed E-state index contributed by atoms with van der Waals surface area (Å²) >= 11 is 12.5. The molecule has 28 heavy (non-hydrogen) atoms. The van der Waals surface area contributed by atoms with Crippen molar-refractivity contribution in [3.63, 3.8) is 0 Å². The third-order valence-corrected chi connectivity index (χ3v) is 5.05. The number of benzene rings is 1. The number of ether oxygens (including phenoxy) is 2. The Bertz CT molecular complexity index is 802. The predicted molar refractivity (Wildman–Crippen MR) is 108 cm³/mol. The van der Waals surface area contributed by atoms with Gasteiger partial charge in [-0.25, -0.2) is 4.79 Å². The van der Waals surface area contributed by atoms with Crippen molar-refractivity contribution in [3.8, 4) is 0 Å². The van der Waals surface area contributed by atoms with Gasteiger partial charge in [-0.1, -0.05) is 30.1 Å². The first-order chi connectivity index (χ1) is 13.4. The maximum absolute atomic E-state index is 13.3. The molecule has 1 fully saturated rings. The number of hydrogen-bond donors (Lipinski definition) is 0. The van der Waals surface area contributed by atoms with Gasteiger partial charge in [0.25, 0.3) is 0 Å². The number of rotatable bonds is 9. The van der Waals surface area contributed by atoms with E-state index in [1.165, 1.54) is 30.4 Å². The van der Waals surface area contributed by atoms with E-state index in [4.69, 9.17) is 32.7 Å². The average Bonchev–Trinajstić information content (AvgIpc) is 3.53. The van der Waals surface area contributed by atoms with E-state index >= 15 is 0 Å². The number of hydrogen-bond acceptors (Lipinski definition) is 5. The molecule has 0 atom stereocenters. The zero-order chi connectivity index (χ0) is 20.8. The number of methoxy groups -OCH3 is 1. The van der Waals surface area contributed by atoms with E-state index in [9.17, 15) is 14.4 Å². The summed E-state index contributed by atoms with van der Waals surface area (Å²) in [5, 5.41) is 0.225. The van der Waals surface area contributed by atoms with E-state index in [0.717, 1.165) is 12.8 Å². The second kappa shape index (κ2) is 9.94. The van der Waals surface area contributed by atoms with Crippen LogP contribution < -0.4 is 4.90 Å². The molecule has 0 saturated heterocycles. The summed E-state index contributed by atoms with van der Waals surface area (Å²) in [5.74, 6) is -1.01. The van der Waals surface area contributed by atoms with E-state index < -0.39 is 11.9 Å². The molecule has 0 radical (unpaired) electrons. The molecule has 6 nitrogen and oxygen atoms in total. The van der Waals surface area contributed by atoms with Gasteiger partial charge in [0.05, 0.1) is 35.7 Å². The SMILES string of the molecule is CCCN(C(=O)OC)c1c(C(=O)/C(=C\OCC)C(=O)C2CC2)ccc(Cl)c1Cl. The summed E-state index contributed by atoms with van der Waals surface area (Å²) in [4.78, 5) is 39.5. The number of nitrogens with zero attached hydrogens (tertiary/aromatic N) is 1. The van der Waals surface area contributed by atoms with Gasteiger partial charge < -0.3 is 9.47 Å². The highest BCUT2D eigenvalue weighted by atomic mass is 35.5. The van der Waals surface area contributed by atoms with Gasteiger partial charge in [-0.15, -0.1) is 0 Å². The number of Topliss-reactive ketones (excluding diaryl/α,β-unsaturated/α-hetero) is 2. The van der Waals surface area contributed by atoms with Gasteiger partial charge >= 0.3 is 6.09 Å². The summed E-state index contributed by atoms with van der Waals surface area (Å²) in [6.07, 6.45) is 2.59. The summed E-state index contributed by atoms with van der Waals surface area (Å²) in [6.45, 7) is 4.19. The number of carbonyl (C=O) groups excluding carboxylic acids is 3. The molecule has 1 saturated carbocycles. The lowest BCUT2D eigenvalue weighted by Crippen LogP contribution is -2.33. The second-order valence-electron chi connectivity index (χ2n) is 6.33. The molecule has 1 amide bonds. The quantitative estimate of drug-likeness (QED) is 0.181. The van der Waals surface area contributed by atoms with Crippen molar-refractivity contribution in [3.05, 3.63) is 39.6 Å². The van der Waals surface area contributed by atoms with Crippen LogP contribution in [0.15, 0.2) is 24.0 Å². The molecule has 0 spiro atoms. The van der Waals surface area contributed by atoms with E-state index in [-0.39, 0.29) is 45.1 Å². The van der Waals surface area contributed by atoms with Gasteiger partial charge in [0.2, 0.25) is 5.78 Å². The Balaban J connectivity index is 2.59. The van der Waals surface area contributed by atoms with Gasteiger partial charge in [-0.05, 0) is 38.3 Å². The Morgan fingerprint density at radius 2 is 1.89 bits per heavy atom. The number of ketones is 2. The molecule has 1 aromatic carbocycles. The smallest absolute Gasteiger partial charge is 0.414 e. The van der Waals surface area contributed by atoms with Gasteiger partial charge in [-0.3, -0.25) is 14.5 Å². The topological polar surface area (TPSA) is 72.9 Å². The maximum Gasteiger partial charge on any atom is 0.414 e. The number of anilines is 1. The Hall–Kier alpha value is -2.05. The number of carbonyl (C=O) groups is 3. The van der Waals surface area contributed by atoms with Crippen LogP contribution in [-0.4, -0.2) is 37.9 Å². The van der Waals surface area contributed by atoms with Crippen molar-refractivity contribution < 1.29 is 23.9 Å². The first kappa shape index (κ1) is 22.2. The van der Waals surface area contributed by atoms with Crippen molar-refractivity contribution in [1.29, 1.82) is 0 Å². The predicted octanol–water partition coefficient (Wildman–Crippen LogP) is 5.06. The lowest BCUT2D eigenvalue weighted by molar-refractivity contribution is -0.116. The molecule has 2 rings (SSSR count). The molecule has 0 aliphatic heterocycles. The maximum atomic E-state index is 13.3. The largest absolute Gasteiger partial charge is 0.501 e. The fraction of sp³-hybridized carbons (Fsp3) is 0.450. The van der Waals surface area contributed by atoms with Crippen molar-refractivity contribution in [2.24, 2.45) is 5.92 Å². The van der Waals surface area contributed by atoms with E-state index in [1.54, 1.807) is 6.92 Å². The molecule has 0 bridgehead atoms. The van der Waals surface area contributed by atoms with Crippen LogP contribution in [0.5, 0.6) is 0 Å².